The molecular weight excluding hydrogens is 400 g/mol. The summed E-state index contributed by atoms with van der Waals surface area (Å²) in [4.78, 5) is 19.3. The Labute approximate surface area is 189 Å². The molecule has 0 radical (unpaired) electrons. The highest BCUT2D eigenvalue weighted by Gasteiger charge is 2.40. The van der Waals surface area contributed by atoms with Crippen molar-refractivity contribution in [3.05, 3.63) is 65.7 Å². The second-order valence-electron chi connectivity index (χ2n) is 8.66. The molecule has 1 N–H and O–H groups in total. The first-order valence-corrected chi connectivity index (χ1v) is 11.4. The normalized spacial score (nSPS) is 24.1. The van der Waals surface area contributed by atoms with Crippen LogP contribution in [-0.2, 0) is 5.41 Å². The Kier molecular flexibility index (Phi) is 6.75. The molecule has 2 fully saturated rings. The Balaban J connectivity index is 1.50. The Morgan fingerprint density at radius 3 is 2.62 bits per heavy atom. The van der Waals surface area contributed by atoms with Gasteiger partial charge in [0.15, 0.2) is 5.78 Å². The van der Waals surface area contributed by atoms with E-state index < -0.39 is 0 Å². The molecule has 0 aromatic heterocycles. The molecule has 6 heteroatoms. The molecule has 2 aromatic rings. The number of benzene rings is 2. The monoisotopic (exact) mass is 430 g/mol. The molecule has 1 saturated carbocycles. The maximum atomic E-state index is 13.1. The fraction of sp³-hybridized carbons (Fsp3) is 0.423. The number of nitriles is 1. The quantitative estimate of drug-likeness (QED) is 0.524. The smallest absolute Gasteiger partial charge is 0.210 e. The Morgan fingerprint density at radius 2 is 1.91 bits per heavy atom. The topological polar surface area (TPSA) is 77.7 Å². The average molecular weight is 431 g/mol. The molecule has 6 nitrogen and oxygen atoms in total. The number of methoxy groups -OCH3 is 1. The Hall–Kier alpha value is -3.33. The van der Waals surface area contributed by atoms with Crippen LogP contribution < -0.4 is 10.1 Å². The third kappa shape index (κ3) is 4.47. The van der Waals surface area contributed by atoms with Crippen molar-refractivity contribution in [3.63, 3.8) is 0 Å². The first kappa shape index (κ1) is 21.9. The zero-order valence-corrected chi connectivity index (χ0v) is 18.6. The number of aliphatic imine (C=N–C) groups is 1. The lowest BCUT2D eigenvalue weighted by Crippen LogP contribution is -2.44. The second-order valence-corrected chi connectivity index (χ2v) is 8.66. The van der Waals surface area contributed by atoms with Gasteiger partial charge in [-0.3, -0.25) is 4.79 Å². The molecular formula is C26H30N4O2. The van der Waals surface area contributed by atoms with Crippen molar-refractivity contribution >= 4 is 11.7 Å². The molecule has 0 atom stereocenters. The molecule has 2 aliphatic rings. The van der Waals surface area contributed by atoms with Crippen LogP contribution in [0, 0.1) is 11.5 Å². The molecule has 32 heavy (non-hydrogen) atoms. The van der Waals surface area contributed by atoms with Crippen molar-refractivity contribution in [1.82, 2.24) is 10.2 Å². The highest BCUT2D eigenvalue weighted by Crippen LogP contribution is 2.44. The van der Waals surface area contributed by atoms with Gasteiger partial charge < -0.3 is 15.0 Å². The molecule has 1 saturated heterocycles. The van der Waals surface area contributed by atoms with Crippen LogP contribution in [-0.4, -0.2) is 42.9 Å². The minimum atomic E-state index is -0.0187. The lowest BCUT2D eigenvalue weighted by molar-refractivity contribution is 0.0953. The highest BCUT2D eigenvalue weighted by molar-refractivity contribution is 5.98. The van der Waals surface area contributed by atoms with E-state index >= 15 is 0 Å². The molecule has 4 rings (SSSR count). The van der Waals surface area contributed by atoms with Gasteiger partial charge in [0.2, 0.25) is 12.2 Å². The Morgan fingerprint density at radius 1 is 1.19 bits per heavy atom. The molecule has 166 valence electrons. The van der Waals surface area contributed by atoms with Gasteiger partial charge in [-0.2, -0.15) is 5.26 Å². The van der Waals surface area contributed by atoms with E-state index in [0.29, 0.717) is 29.7 Å². The number of ether oxygens (including phenoxy) is 1. The van der Waals surface area contributed by atoms with Gasteiger partial charge in [-0.15, -0.1) is 4.99 Å². The highest BCUT2D eigenvalue weighted by atomic mass is 16.5. The van der Waals surface area contributed by atoms with E-state index in [0.717, 1.165) is 45.2 Å². The third-order valence-electron chi connectivity index (χ3n) is 7.04. The SMILES string of the molecule is COc1ccccc1C(=O)CC[C@]1(c2ccccc2)CC[C@H](N2CCN/C2=N\C#N)CC1. The number of Topliss-reactive ketones (excluding diaryl/α,β-unsaturated/α-hetero) is 1. The second kappa shape index (κ2) is 9.86. The minimum Gasteiger partial charge on any atom is -0.496 e. The zero-order valence-electron chi connectivity index (χ0n) is 18.6. The van der Waals surface area contributed by atoms with Gasteiger partial charge >= 0.3 is 0 Å². The van der Waals surface area contributed by atoms with Crippen LogP contribution >= 0.6 is 0 Å². The average Bonchev–Trinajstić information content (AvgIpc) is 3.32. The lowest BCUT2D eigenvalue weighted by atomic mass is 9.65. The van der Waals surface area contributed by atoms with Crippen LogP contribution in [0.2, 0.25) is 0 Å². The van der Waals surface area contributed by atoms with E-state index in [4.69, 9.17) is 10.00 Å². The summed E-state index contributed by atoms with van der Waals surface area (Å²) in [6, 6.07) is 18.5. The molecule has 1 aliphatic heterocycles. The summed E-state index contributed by atoms with van der Waals surface area (Å²) in [5.41, 5.74) is 1.96. The lowest BCUT2D eigenvalue weighted by Gasteiger charge is -2.43. The number of nitrogens with zero attached hydrogens (tertiary/aromatic N) is 3. The van der Waals surface area contributed by atoms with E-state index in [2.05, 4.69) is 39.5 Å². The fourth-order valence-electron chi connectivity index (χ4n) is 5.31. The molecule has 2 aromatic carbocycles. The van der Waals surface area contributed by atoms with Crippen molar-refractivity contribution in [2.24, 2.45) is 4.99 Å². The first-order chi connectivity index (χ1) is 15.7. The van der Waals surface area contributed by atoms with Gasteiger partial charge in [0, 0.05) is 25.6 Å². The van der Waals surface area contributed by atoms with Crippen molar-refractivity contribution in [1.29, 1.82) is 5.26 Å². The number of guanidine groups is 1. The number of para-hydroxylation sites is 1. The van der Waals surface area contributed by atoms with E-state index in [1.54, 1.807) is 7.11 Å². The minimum absolute atomic E-state index is 0.0187. The van der Waals surface area contributed by atoms with Crippen molar-refractivity contribution in [2.45, 2.75) is 50.0 Å². The number of carbonyl (C=O) groups excluding carboxylic acids is 1. The van der Waals surface area contributed by atoms with Crippen molar-refractivity contribution in [3.8, 4) is 11.9 Å². The molecule has 0 bridgehead atoms. The predicted octanol–water partition coefficient (Wildman–Crippen LogP) is 4.28. The van der Waals surface area contributed by atoms with Crippen LogP contribution in [0.5, 0.6) is 5.75 Å². The summed E-state index contributed by atoms with van der Waals surface area (Å²) in [7, 11) is 1.61. The van der Waals surface area contributed by atoms with Gasteiger partial charge in [-0.05, 0) is 55.2 Å². The number of hydrogen-bond acceptors (Lipinski definition) is 4. The number of ketones is 1. The van der Waals surface area contributed by atoms with E-state index in [-0.39, 0.29) is 11.2 Å². The van der Waals surface area contributed by atoms with Crippen molar-refractivity contribution in [2.75, 3.05) is 20.2 Å². The van der Waals surface area contributed by atoms with E-state index in [9.17, 15) is 4.79 Å². The standard InChI is InChI=1S/C26H30N4O2/c1-32-24-10-6-5-9-22(24)23(31)13-16-26(20-7-3-2-4-8-20)14-11-21(12-15-26)30-18-17-28-25(30)29-19-27/h2-10,21H,11-18H2,1H3,(H,28,29)/t21-,26-. The fourth-order valence-corrected chi connectivity index (χ4v) is 5.31. The predicted molar refractivity (Wildman–Crippen MR) is 125 cm³/mol. The third-order valence-corrected chi connectivity index (χ3v) is 7.04. The van der Waals surface area contributed by atoms with Gasteiger partial charge in [-0.25, -0.2) is 0 Å². The number of rotatable bonds is 7. The van der Waals surface area contributed by atoms with Crippen LogP contribution in [0.4, 0.5) is 0 Å². The molecule has 0 spiro atoms. The summed E-state index contributed by atoms with van der Waals surface area (Å²) in [5.74, 6) is 1.48. The van der Waals surface area contributed by atoms with Crippen molar-refractivity contribution < 1.29 is 9.53 Å². The van der Waals surface area contributed by atoms with Crippen LogP contribution in [0.1, 0.15) is 54.4 Å². The van der Waals surface area contributed by atoms with Crippen LogP contribution in [0.3, 0.4) is 0 Å². The zero-order chi connectivity index (χ0) is 22.4. The van der Waals surface area contributed by atoms with Gasteiger partial charge in [0.05, 0.1) is 12.7 Å². The largest absolute Gasteiger partial charge is 0.496 e. The number of hydrogen-bond donors (Lipinski definition) is 1. The summed E-state index contributed by atoms with van der Waals surface area (Å²) >= 11 is 0. The van der Waals surface area contributed by atoms with Gasteiger partial charge in [0.1, 0.15) is 5.75 Å². The maximum Gasteiger partial charge on any atom is 0.210 e. The summed E-state index contributed by atoms with van der Waals surface area (Å²) < 4.78 is 5.40. The summed E-state index contributed by atoms with van der Waals surface area (Å²) in [6.07, 6.45) is 7.28. The van der Waals surface area contributed by atoms with Crippen LogP contribution in [0.25, 0.3) is 0 Å². The summed E-state index contributed by atoms with van der Waals surface area (Å²) in [6.45, 7) is 1.71. The Bertz CT molecular complexity index is 1000. The van der Waals surface area contributed by atoms with Gasteiger partial charge in [0.25, 0.3) is 0 Å². The van der Waals surface area contributed by atoms with E-state index in [1.807, 2.05) is 36.5 Å². The number of carbonyl (C=O) groups is 1. The molecule has 1 aliphatic carbocycles. The molecule has 1 heterocycles. The summed E-state index contributed by atoms with van der Waals surface area (Å²) in [5, 5.41) is 12.2. The van der Waals surface area contributed by atoms with Crippen LogP contribution in [0.15, 0.2) is 59.6 Å². The first-order valence-electron chi connectivity index (χ1n) is 11.4. The molecule has 0 amide bonds. The maximum absolute atomic E-state index is 13.1. The number of nitrogens with one attached hydrogen (secondary N) is 1. The van der Waals surface area contributed by atoms with E-state index in [1.165, 1.54) is 5.56 Å². The molecule has 0 unspecified atom stereocenters. The van der Waals surface area contributed by atoms with Gasteiger partial charge in [-0.1, -0.05) is 42.5 Å².